The molecule has 2 rings (SSSR count). The first-order chi connectivity index (χ1) is 7.51. The average molecular weight is 224 g/mol. The molecule has 0 radical (unpaired) electrons. The summed E-state index contributed by atoms with van der Waals surface area (Å²) in [5.41, 5.74) is 0.522. The van der Waals surface area contributed by atoms with E-state index < -0.39 is 0 Å². The van der Waals surface area contributed by atoms with E-state index in [0.29, 0.717) is 5.41 Å². The molecule has 0 bridgehead atoms. The molecule has 2 heteroatoms. The number of hydrogen-bond acceptors (Lipinski definition) is 2. The molecule has 2 aliphatic rings. The Morgan fingerprint density at radius 3 is 2.75 bits per heavy atom. The van der Waals surface area contributed by atoms with Gasteiger partial charge in [0.15, 0.2) is 0 Å². The first-order valence-corrected chi connectivity index (χ1v) is 6.68. The van der Waals surface area contributed by atoms with Crippen LogP contribution in [0.15, 0.2) is 0 Å². The molecule has 2 nitrogen and oxygen atoms in total. The van der Waals surface area contributed by atoms with Gasteiger partial charge in [-0.25, -0.2) is 0 Å². The molecule has 0 N–H and O–H groups in total. The van der Waals surface area contributed by atoms with Crippen molar-refractivity contribution in [1.29, 1.82) is 0 Å². The van der Waals surface area contributed by atoms with E-state index in [2.05, 4.69) is 13.8 Å². The summed E-state index contributed by atoms with van der Waals surface area (Å²) in [4.78, 5) is 11.0. The Morgan fingerprint density at radius 1 is 1.31 bits per heavy atom. The molecular weight excluding hydrogens is 200 g/mol. The number of fused-ring (bicyclic) bond motifs is 1. The molecule has 4 atom stereocenters. The second-order valence-electron chi connectivity index (χ2n) is 6.14. The lowest BCUT2D eigenvalue weighted by molar-refractivity contribution is -0.152. The number of hydrogen-bond donors (Lipinski definition) is 0. The van der Waals surface area contributed by atoms with Crippen LogP contribution in [0.25, 0.3) is 0 Å². The van der Waals surface area contributed by atoms with Gasteiger partial charge < -0.3 is 4.74 Å². The molecule has 1 unspecified atom stereocenters. The lowest BCUT2D eigenvalue weighted by Crippen LogP contribution is -2.43. The molecule has 0 aromatic rings. The number of esters is 1. The van der Waals surface area contributed by atoms with E-state index >= 15 is 0 Å². The van der Waals surface area contributed by atoms with E-state index in [1.165, 1.54) is 32.6 Å². The number of carbonyl (C=O) groups is 1. The lowest BCUT2D eigenvalue weighted by atomic mass is 9.56. The molecule has 2 saturated carbocycles. The van der Waals surface area contributed by atoms with E-state index in [1.807, 2.05) is 0 Å². The highest BCUT2D eigenvalue weighted by atomic mass is 16.5. The minimum absolute atomic E-state index is 0.114. The number of carbonyl (C=O) groups excluding carboxylic acids is 1. The predicted octanol–water partition coefficient (Wildman–Crippen LogP) is 3.54. The van der Waals surface area contributed by atoms with E-state index in [-0.39, 0.29) is 12.1 Å². The van der Waals surface area contributed by atoms with Crippen LogP contribution >= 0.6 is 0 Å². The second-order valence-corrected chi connectivity index (χ2v) is 6.14. The fourth-order valence-electron chi connectivity index (χ4n) is 3.96. The summed E-state index contributed by atoms with van der Waals surface area (Å²) in [6.45, 7) is 6.34. The van der Waals surface area contributed by atoms with Crippen LogP contribution in [0.3, 0.4) is 0 Å². The highest BCUT2D eigenvalue weighted by Gasteiger charge is 2.44. The molecule has 0 heterocycles. The van der Waals surface area contributed by atoms with Gasteiger partial charge in [0.25, 0.3) is 0 Å². The van der Waals surface area contributed by atoms with Gasteiger partial charge in [-0.05, 0) is 42.9 Å². The van der Waals surface area contributed by atoms with E-state index in [9.17, 15) is 4.79 Å². The van der Waals surface area contributed by atoms with E-state index in [4.69, 9.17) is 4.74 Å². The van der Waals surface area contributed by atoms with Gasteiger partial charge >= 0.3 is 5.97 Å². The Kier molecular flexibility index (Phi) is 3.27. The third-order valence-corrected chi connectivity index (χ3v) is 4.88. The van der Waals surface area contributed by atoms with Gasteiger partial charge in [0, 0.05) is 6.92 Å². The van der Waals surface area contributed by atoms with Crippen LogP contribution < -0.4 is 0 Å². The Bertz CT molecular complexity index is 274. The maximum absolute atomic E-state index is 11.0. The Morgan fingerprint density at radius 2 is 2.06 bits per heavy atom. The Hall–Kier alpha value is -0.530. The fraction of sp³-hybridized carbons (Fsp3) is 0.929. The van der Waals surface area contributed by atoms with Crippen molar-refractivity contribution in [3.63, 3.8) is 0 Å². The maximum Gasteiger partial charge on any atom is 0.302 e. The zero-order chi connectivity index (χ0) is 11.8. The van der Waals surface area contributed by atoms with Crippen molar-refractivity contribution in [2.75, 3.05) is 0 Å². The SMILES string of the molecule is CC(=O)O[C@H]1CC[C@]2(C)CCCC(C)[C@H]2C1. The van der Waals surface area contributed by atoms with E-state index in [1.54, 1.807) is 0 Å². The highest BCUT2D eigenvalue weighted by molar-refractivity contribution is 5.66. The Labute approximate surface area is 98.7 Å². The summed E-state index contributed by atoms with van der Waals surface area (Å²) in [6, 6.07) is 0. The van der Waals surface area contributed by atoms with Gasteiger partial charge in [0.05, 0.1) is 0 Å². The minimum Gasteiger partial charge on any atom is -0.463 e. The minimum atomic E-state index is -0.114. The van der Waals surface area contributed by atoms with Gasteiger partial charge in [-0.3, -0.25) is 4.79 Å². The van der Waals surface area contributed by atoms with Gasteiger partial charge in [-0.2, -0.15) is 0 Å². The molecule has 16 heavy (non-hydrogen) atoms. The van der Waals surface area contributed by atoms with E-state index in [0.717, 1.165) is 24.7 Å². The molecule has 0 aromatic carbocycles. The van der Waals surface area contributed by atoms with Crippen LogP contribution in [0.2, 0.25) is 0 Å². The van der Waals surface area contributed by atoms with Crippen molar-refractivity contribution < 1.29 is 9.53 Å². The predicted molar refractivity (Wildman–Crippen MR) is 64.0 cm³/mol. The molecule has 0 aliphatic heterocycles. The molecular formula is C14H24O2. The molecule has 0 spiro atoms. The lowest BCUT2D eigenvalue weighted by Gasteiger charge is -2.50. The van der Waals surface area contributed by atoms with Gasteiger partial charge in [-0.1, -0.05) is 26.7 Å². The summed E-state index contributed by atoms with van der Waals surface area (Å²) >= 11 is 0. The quantitative estimate of drug-likeness (QED) is 0.637. The van der Waals surface area contributed by atoms with Crippen molar-refractivity contribution in [3.8, 4) is 0 Å². The zero-order valence-electron chi connectivity index (χ0n) is 10.8. The van der Waals surface area contributed by atoms with Gasteiger partial charge in [0.2, 0.25) is 0 Å². The summed E-state index contributed by atoms with van der Waals surface area (Å²) in [5, 5.41) is 0. The van der Waals surface area contributed by atoms with Crippen molar-refractivity contribution in [1.82, 2.24) is 0 Å². The molecule has 2 aliphatic carbocycles. The Balaban J connectivity index is 2.03. The molecule has 0 saturated heterocycles. The van der Waals surface area contributed by atoms with Crippen molar-refractivity contribution >= 4 is 5.97 Å². The highest BCUT2D eigenvalue weighted by Crippen LogP contribution is 2.52. The van der Waals surface area contributed by atoms with Crippen molar-refractivity contribution in [3.05, 3.63) is 0 Å². The smallest absolute Gasteiger partial charge is 0.302 e. The van der Waals surface area contributed by atoms with Crippen molar-refractivity contribution in [2.24, 2.45) is 17.3 Å². The first-order valence-electron chi connectivity index (χ1n) is 6.68. The summed E-state index contributed by atoms with van der Waals surface area (Å²) in [6.07, 6.45) is 7.70. The normalized spacial score (nSPS) is 43.6. The maximum atomic E-state index is 11.0. The summed E-state index contributed by atoms with van der Waals surface area (Å²) in [7, 11) is 0. The second kappa shape index (κ2) is 4.38. The van der Waals surface area contributed by atoms with Crippen LogP contribution in [0.5, 0.6) is 0 Å². The van der Waals surface area contributed by atoms with Gasteiger partial charge in [0.1, 0.15) is 6.10 Å². The van der Waals surface area contributed by atoms with Crippen LogP contribution in [-0.4, -0.2) is 12.1 Å². The summed E-state index contributed by atoms with van der Waals surface area (Å²) in [5.74, 6) is 1.45. The molecule has 92 valence electrons. The van der Waals surface area contributed by atoms with Crippen molar-refractivity contribution in [2.45, 2.75) is 65.4 Å². The summed E-state index contributed by atoms with van der Waals surface area (Å²) < 4.78 is 5.39. The van der Waals surface area contributed by atoms with Crippen LogP contribution in [0.1, 0.15) is 59.3 Å². The molecule has 0 aromatic heterocycles. The van der Waals surface area contributed by atoms with Gasteiger partial charge in [-0.15, -0.1) is 0 Å². The van der Waals surface area contributed by atoms with Crippen LogP contribution in [0, 0.1) is 17.3 Å². The topological polar surface area (TPSA) is 26.3 Å². The monoisotopic (exact) mass is 224 g/mol. The zero-order valence-corrected chi connectivity index (χ0v) is 10.8. The third-order valence-electron chi connectivity index (χ3n) is 4.88. The standard InChI is InChI=1S/C14H24O2/c1-10-5-4-7-14(3)8-6-12(9-13(10)14)16-11(2)15/h10,12-13H,4-9H2,1-3H3/t10?,12-,13+,14-/m0/s1. The third kappa shape index (κ3) is 2.26. The first kappa shape index (κ1) is 11.9. The number of rotatable bonds is 1. The molecule has 2 fully saturated rings. The number of ether oxygens (including phenoxy) is 1. The molecule has 0 amide bonds. The van der Waals surface area contributed by atoms with Crippen LogP contribution in [0.4, 0.5) is 0 Å². The average Bonchev–Trinajstić information content (AvgIpc) is 2.19. The largest absolute Gasteiger partial charge is 0.463 e. The van der Waals surface area contributed by atoms with Crippen LogP contribution in [-0.2, 0) is 9.53 Å². The fourth-order valence-corrected chi connectivity index (χ4v) is 3.96.